The molecule has 0 radical (unpaired) electrons. The number of benzene rings is 1. The van der Waals surface area contributed by atoms with Gasteiger partial charge in [-0.15, -0.1) is 0 Å². The van der Waals surface area contributed by atoms with Gasteiger partial charge in [0, 0.05) is 17.8 Å². The van der Waals surface area contributed by atoms with Gasteiger partial charge in [0.05, 0.1) is 5.69 Å². The molecule has 2 aromatic rings. The van der Waals surface area contributed by atoms with E-state index in [1.807, 2.05) is 18.4 Å². The molecule has 132 valence electrons. The number of thioether (sulfide) groups is 1. The van der Waals surface area contributed by atoms with Crippen LogP contribution in [0.4, 0.5) is 0 Å². The van der Waals surface area contributed by atoms with Gasteiger partial charge in [0.2, 0.25) is 0 Å². The van der Waals surface area contributed by atoms with Crippen molar-refractivity contribution in [3.8, 4) is 11.3 Å². The Kier molecular flexibility index (Phi) is 5.71. The molecule has 0 aliphatic carbocycles. The van der Waals surface area contributed by atoms with E-state index in [1.54, 1.807) is 0 Å². The highest BCUT2D eigenvalue weighted by Gasteiger charge is 2.19. The number of likely N-dealkylation sites (tertiary alicyclic amines) is 1. The van der Waals surface area contributed by atoms with Crippen LogP contribution in [0.3, 0.4) is 0 Å². The van der Waals surface area contributed by atoms with E-state index in [0.717, 1.165) is 18.7 Å². The van der Waals surface area contributed by atoms with E-state index in [9.17, 15) is 9.90 Å². The molecule has 0 saturated carbocycles. The fraction of sp³-hybridized carbons (Fsp3) is 0.421. The van der Waals surface area contributed by atoms with Crippen molar-refractivity contribution in [3.63, 3.8) is 0 Å². The van der Waals surface area contributed by atoms with E-state index in [2.05, 4.69) is 33.9 Å². The highest BCUT2D eigenvalue weighted by molar-refractivity contribution is 7.98. The van der Waals surface area contributed by atoms with Crippen molar-refractivity contribution in [2.75, 3.05) is 19.3 Å². The number of carboxylic acid groups (broad SMARTS) is 1. The minimum Gasteiger partial charge on any atom is -0.478 e. The first kappa shape index (κ1) is 17.9. The maximum Gasteiger partial charge on any atom is 0.339 e. The van der Waals surface area contributed by atoms with E-state index in [0.29, 0.717) is 16.9 Å². The number of nitrogens with zero attached hydrogens (tertiary/aromatic N) is 3. The second kappa shape index (κ2) is 7.97. The van der Waals surface area contributed by atoms with Gasteiger partial charge in [-0.2, -0.15) is 0 Å². The SMILES string of the molecule is CSc1ncc(C(=O)O)c(-c2ccc(C(C)N3CCCCC3)cc2)n1. The Morgan fingerprint density at radius 2 is 1.88 bits per heavy atom. The summed E-state index contributed by atoms with van der Waals surface area (Å²) < 4.78 is 0. The Labute approximate surface area is 152 Å². The number of aromatic carboxylic acids is 1. The van der Waals surface area contributed by atoms with E-state index in [1.165, 1.54) is 42.8 Å². The zero-order valence-electron chi connectivity index (χ0n) is 14.6. The van der Waals surface area contributed by atoms with Crippen LogP contribution in [0, 0.1) is 0 Å². The third-order valence-corrected chi connectivity index (χ3v) is 5.35. The largest absolute Gasteiger partial charge is 0.478 e. The molecular formula is C19H23N3O2S. The molecule has 1 unspecified atom stereocenters. The highest BCUT2D eigenvalue weighted by Crippen LogP contribution is 2.28. The molecule has 2 heterocycles. The molecule has 1 aromatic carbocycles. The summed E-state index contributed by atoms with van der Waals surface area (Å²) in [5, 5.41) is 9.98. The lowest BCUT2D eigenvalue weighted by Gasteiger charge is -2.32. The van der Waals surface area contributed by atoms with Gasteiger partial charge in [-0.1, -0.05) is 42.4 Å². The third-order valence-electron chi connectivity index (χ3n) is 4.78. The van der Waals surface area contributed by atoms with E-state index < -0.39 is 5.97 Å². The molecule has 1 aliphatic rings. The lowest BCUT2D eigenvalue weighted by atomic mass is 10.00. The molecule has 3 rings (SSSR count). The zero-order valence-corrected chi connectivity index (χ0v) is 15.4. The Hall–Kier alpha value is -1.92. The predicted octanol–water partition coefficient (Wildman–Crippen LogP) is 4.11. The third kappa shape index (κ3) is 4.02. The van der Waals surface area contributed by atoms with Gasteiger partial charge >= 0.3 is 5.97 Å². The van der Waals surface area contributed by atoms with Gasteiger partial charge in [-0.3, -0.25) is 4.90 Å². The van der Waals surface area contributed by atoms with Crippen molar-refractivity contribution in [1.82, 2.24) is 14.9 Å². The van der Waals surface area contributed by atoms with E-state index >= 15 is 0 Å². The van der Waals surface area contributed by atoms with Gasteiger partial charge in [0.25, 0.3) is 0 Å². The number of piperidine rings is 1. The highest BCUT2D eigenvalue weighted by atomic mass is 32.2. The molecule has 1 saturated heterocycles. The molecule has 25 heavy (non-hydrogen) atoms. The van der Waals surface area contributed by atoms with Gasteiger partial charge in [-0.05, 0) is 44.7 Å². The molecule has 1 aromatic heterocycles. The summed E-state index contributed by atoms with van der Waals surface area (Å²) in [6.07, 6.45) is 7.13. The van der Waals surface area contributed by atoms with Crippen molar-refractivity contribution in [2.45, 2.75) is 37.4 Å². The maximum atomic E-state index is 11.5. The second-order valence-electron chi connectivity index (χ2n) is 6.32. The quantitative estimate of drug-likeness (QED) is 0.642. The summed E-state index contributed by atoms with van der Waals surface area (Å²) >= 11 is 1.40. The molecule has 1 fully saturated rings. The van der Waals surface area contributed by atoms with E-state index in [4.69, 9.17) is 0 Å². The monoisotopic (exact) mass is 357 g/mol. The number of aromatic nitrogens is 2. The zero-order chi connectivity index (χ0) is 17.8. The van der Waals surface area contributed by atoms with Gasteiger partial charge in [-0.25, -0.2) is 14.8 Å². The lowest BCUT2D eigenvalue weighted by Crippen LogP contribution is -2.32. The van der Waals surface area contributed by atoms with Crippen LogP contribution in [-0.2, 0) is 0 Å². The molecule has 0 amide bonds. The topological polar surface area (TPSA) is 66.3 Å². The van der Waals surface area contributed by atoms with Crippen LogP contribution >= 0.6 is 11.8 Å². The predicted molar refractivity (Wildman–Crippen MR) is 100 cm³/mol. The summed E-state index contributed by atoms with van der Waals surface area (Å²) in [7, 11) is 0. The number of hydrogen-bond donors (Lipinski definition) is 1. The lowest BCUT2D eigenvalue weighted by molar-refractivity contribution is 0.0696. The fourth-order valence-electron chi connectivity index (χ4n) is 3.28. The normalized spacial score (nSPS) is 16.6. The van der Waals surface area contributed by atoms with Crippen LogP contribution in [0.25, 0.3) is 11.3 Å². The molecule has 1 N–H and O–H groups in total. The summed E-state index contributed by atoms with van der Waals surface area (Å²) in [5.41, 5.74) is 2.67. The Bertz CT molecular complexity index is 743. The summed E-state index contributed by atoms with van der Waals surface area (Å²) in [6.45, 7) is 4.53. The number of rotatable bonds is 5. The number of hydrogen-bond acceptors (Lipinski definition) is 5. The molecule has 1 atom stereocenters. The van der Waals surface area contributed by atoms with Crippen LogP contribution in [0.1, 0.15) is 48.1 Å². The van der Waals surface area contributed by atoms with Crippen LogP contribution in [0.15, 0.2) is 35.6 Å². The maximum absolute atomic E-state index is 11.5. The first-order chi connectivity index (χ1) is 12.1. The Balaban J connectivity index is 1.88. The smallest absolute Gasteiger partial charge is 0.339 e. The summed E-state index contributed by atoms with van der Waals surface area (Å²) in [6, 6.07) is 8.48. The van der Waals surface area contributed by atoms with Gasteiger partial charge in [0.1, 0.15) is 5.56 Å². The first-order valence-corrected chi connectivity index (χ1v) is 9.81. The van der Waals surface area contributed by atoms with Crippen molar-refractivity contribution in [3.05, 3.63) is 41.6 Å². The first-order valence-electron chi connectivity index (χ1n) is 8.59. The van der Waals surface area contributed by atoms with Gasteiger partial charge in [0.15, 0.2) is 5.16 Å². The van der Waals surface area contributed by atoms with E-state index in [-0.39, 0.29) is 5.56 Å². The van der Waals surface area contributed by atoms with Crippen molar-refractivity contribution in [1.29, 1.82) is 0 Å². The minimum atomic E-state index is -1.01. The van der Waals surface area contributed by atoms with Crippen LogP contribution in [0.5, 0.6) is 0 Å². The molecule has 0 spiro atoms. The molecule has 5 nitrogen and oxygen atoms in total. The van der Waals surface area contributed by atoms with Crippen molar-refractivity contribution < 1.29 is 9.90 Å². The van der Waals surface area contributed by atoms with Crippen LogP contribution in [-0.4, -0.2) is 45.3 Å². The Morgan fingerprint density at radius 3 is 2.48 bits per heavy atom. The molecule has 6 heteroatoms. The second-order valence-corrected chi connectivity index (χ2v) is 7.09. The fourth-order valence-corrected chi connectivity index (χ4v) is 3.62. The van der Waals surface area contributed by atoms with Crippen molar-refractivity contribution in [2.24, 2.45) is 0 Å². The minimum absolute atomic E-state index is 0.134. The summed E-state index contributed by atoms with van der Waals surface area (Å²) in [4.78, 5) is 22.5. The molecule has 1 aliphatic heterocycles. The number of carbonyl (C=O) groups is 1. The van der Waals surface area contributed by atoms with Crippen LogP contribution < -0.4 is 0 Å². The van der Waals surface area contributed by atoms with Crippen molar-refractivity contribution >= 4 is 17.7 Å². The van der Waals surface area contributed by atoms with Gasteiger partial charge < -0.3 is 5.11 Å². The molecular weight excluding hydrogens is 334 g/mol. The standard InChI is InChI=1S/C19H23N3O2S/c1-13(22-10-4-3-5-11-22)14-6-8-15(9-7-14)17-16(18(23)24)12-20-19(21-17)25-2/h6-9,12-13H,3-5,10-11H2,1-2H3,(H,23,24). The average Bonchev–Trinajstić information content (AvgIpc) is 2.67. The Morgan fingerprint density at radius 1 is 1.20 bits per heavy atom. The van der Waals surface area contributed by atoms with Crippen LogP contribution in [0.2, 0.25) is 0 Å². The molecule has 0 bridgehead atoms. The number of carboxylic acids is 1. The summed E-state index contributed by atoms with van der Waals surface area (Å²) in [5.74, 6) is -1.01. The average molecular weight is 357 g/mol.